The quantitative estimate of drug-likeness (QED) is 0.0593. The van der Waals surface area contributed by atoms with E-state index < -0.39 is 91.0 Å². The highest BCUT2D eigenvalue weighted by atomic mass is 16.4. The van der Waals surface area contributed by atoms with E-state index in [1.807, 2.05) is 0 Å². The number of H-pyrrole nitrogens is 1. The lowest BCUT2D eigenvalue weighted by Crippen LogP contribution is -2.59. The Bertz CT molecular complexity index is 2000. The Hall–Kier alpha value is -6.75. The molecule has 5 atom stereocenters. The summed E-state index contributed by atoms with van der Waals surface area (Å²) in [5.41, 5.74) is 8.13. The van der Waals surface area contributed by atoms with Gasteiger partial charge in [0.1, 0.15) is 29.9 Å². The Morgan fingerprint density at radius 2 is 1.13 bits per heavy atom. The number of carbonyl (C=O) groups excluding carboxylic acids is 4. The summed E-state index contributed by atoms with van der Waals surface area (Å²) in [5.74, 6) is -7.83. The molecule has 3 aromatic carbocycles. The van der Waals surface area contributed by atoms with Crippen LogP contribution in [0.5, 0.6) is 5.75 Å². The molecule has 0 saturated heterocycles. The van der Waals surface area contributed by atoms with E-state index >= 15 is 0 Å². The molecule has 0 spiro atoms. The van der Waals surface area contributed by atoms with Gasteiger partial charge in [-0.05, 0) is 41.3 Å². The fourth-order valence-corrected chi connectivity index (χ4v) is 5.77. The lowest BCUT2D eigenvalue weighted by atomic mass is 10.0. The summed E-state index contributed by atoms with van der Waals surface area (Å²) < 4.78 is 0. The lowest BCUT2D eigenvalue weighted by molar-refractivity contribution is -0.143. The number of fused-ring (bicyclic) bond motifs is 1. The molecule has 0 unspecified atom stereocenters. The first-order valence-corrected chi connectivity index (χ1v) is 17.2. The number of aromatic amines is 1. The predicted octanol–water partition coefficient (Wildman–Crippen LogP) is 0.592. The Morgan fingerprint density at radius 1 is 0.600 bits per heavy atom. The van der Waals surface area contributed by atoms with Crippen molar-refractivity contribution in [3.63, 3.8) is 0 Å². The third-order valence-electron chi connectivity index (χ3n) is 8.65. The number of aromatic nitrogens is 1. The zero-order chi connectivity index (χ0) is 40.1. The van der Waals surface area contributed by atoms with E-state index in [0.29, 0.717) is 16.7 Å². The van der Waals surface area contributed by atoms with Crippen LogP contribution in [0, 0.1) is 0 Å². The number of phenolic OH excluding ortho intramolecular Hbond substituents is 1. The number of hydrogen-bond donors (Lipinski definition) is 10. The smallest absolute Gasteiger partial charge is 0.326 e. The van der Waals surface area contributed by atoms with Crippen molar-refractivity contribution in [1.82, 2.24) is 26.3 Å². The van der Waals surface area contributed by atoms with Crippen LogP contribution >= 0.6 is 0 Å². The van der Waals surface area contributed by atoms with Crippen molar-refractivity contribution in [3.05, 3.63) is 102 Å². The Balaban J connectivity index is 1.58. The number of amides is 4. The van der Waals surface area contributed by atoms with Gasteiger partial charge in [-0.25, -0.2) is 4.79 Å². The van der Waals surface area contributed by atoms with E-state index in [-0.39, 0.29) is 25.0 Å². The lowest BCUT2D eigenvalue weighted by Gasteiger charge is -2.26. The van der Waals surface area contributed by atoms with Gasteiger partial charge in [-0.15, -0.1) is 0 Å². The van der Waals surface area contributed by atoms with Crippen molar-refractivity contribution in [2.24, 2.45) is 5.73 Å². The SMILES string of the molecule is N[C@@H](CC(=O)O)C(=O)N[C@@H](Cc1ccc(O)cc1)C(=O)N[C@@H](Cc1ccccc1)C(=O)N[C@@H](CCC(=O)O)C(=O)N[C@@H](Cc1c[nH]c2ccccc12)C(=O)O. The average Bonchev–Trinajstić information content (AvgIpc) is 3.55. The second-order valence-corrected chi connectivity index (χ2v) is 12.8. The van der Waals surface area contributed by atoms with Gasteiger partial charge in [0.25, 0.3) is 0 Å². The number of carbonyl (C=O) groups is 7. The van der Waals surface area contributed by atoms with Crippen LogP contribution in [0.4, 0.5) is 0 Å². The first-order chi connectivity index (χ1) is 26.2. The van der Waals surface area contributed by atoms with Crippen LogP contribution in [-0.4, -0.2) is 97.2 Å². The molecule has 1 aromatic heterocycles. The molecule has 1 heterocycles. The number of hydrogen-bond acceptors (Lipinski definition) is 9. The van der Waals surface area contributed by atoms with Crippen LogP contribution in [-0.2, 0) is 52.8 Å². The van der Waals surface area contributed by atoms with Crippen LogP contribution in [0.1, 0.15) is 36.0 Å². The van der Waals surface area contributed by atoms with E-state index in [4.69, 9.17) is 10.8 Å². The topological polar surface area (TPSA) is 290 Å². The molecule has 4 aromatic rings. The fourth-order valence-electron chi connectivity index (χ4n) is 5.77. The van der Waals surface area contributed by atoms with Crippen LogP contribution in [0.25, 0.3) is 10.9 Å². The van der Waals surface area contributed by atoms with Crippen molar-refractivity contribution in [2.45, 2.75) is 68.7 Å². The molecule has 4 rings (SSSR count). The van der Waals surface area contributed by atoms with Crippen molar-refractivity contribution in [1.29, 1.82) is 0 Å². The van der Waals surface area contributed by atoms with Gasteiger partial charge in [-0.2, -0.15) is 0 Å². The van der Waals surface area contributed by atoms with Gasteiger partial charge in [0, 0.05) is 42.8 Å². The van der Waals surface area contributed by atoms with Gasteiger partial charge in [0.15, 0.2) is 0 Å². The minimum absolute atomic E-state index is 0.0639. The van der Waals surface area contributed by atoms with Crippen molar-refractivity contribution in [3.8, 4) is 5.75 Å². The highest BCUT2D eigenvalue weighted by Crippen LogP contribution is 2.19. The summed E-state index contributed by atoms with van der Waals surface area (Å²) in [4.78, 5) is 92.3. The summed E-state index contributed by atoms with van der Waals surface area (Å²) in [6.45, 7) is 0. The van der Waals surface area contributed by atoms with Gasteiger partial charge in [0.05, 0.1) is 12.5 Å². The standard InChI is InChI=1S/C38H42N6O11/c39-26(19-33(48)49)34(50)42-29(17-22-10-12-24(45)13-11-22)37(53)43-30(16-21-6-2-1-3-7-21)36(52)41-28(14-15-32(46)47)35(51)44-31(38(54)55)18-23-20-40-27-9-5-4-8-25(23)27/h1-13,20,26,28-31,40,45H,14-19,39H2,(H,41,52)(H,42,50)(H,43,53)(H,44,51)(H,46,47)(H,48,49)(H,54,55)/t26-,28-,29-,30-,31-/m0/s1. The molecule has 0 fully saturated rings. The monoisotopic (exact) mass is 758 g/mol. The number of benzene rings is 3. The molecule has 17 heteroatoms. The molecule has 0 saturated carbocycles. The highest BCUT2D eigenvalue weighted by Gasteiger charge is 2.33. The Kier molecular flexibility index (Phi) is 14.4. The maximum Gasteiger partial charge on any atom is 0.326 e. The van der Waals surface area contributed by atoms with Crippen molar-refractivity contribution >= 4 is 52.4 Å². The second-order valence-electron chi connectivity index (χ2n) is 12.8. The third-order valence-corrected chi connectivity index (χ3v) is 8.65. The summed E-state index contributed by atoms with van der Waals surface area (Å²) in [5, 5.41) is 48.9. The van der Waals surface area contributed by atoms with Crippen LogP contribution in [0.2, 0.25) is 0 Å². The minimum Gasteiger partial charge on any atom is -0.508 e. The molecule has 290 valence electrons. The van der Waals surface area contributed by atoms with Crippen LogP contribution in [0.15, 0.2) is 85.1 Å². The van der Waals surface area contributed by atoms with Gasteiger partial charge in [0.2, 0.25) is 23.6 Å². The molecule has 17 nitrogen and oxygen atoms in total. The number of aromatic hydroxyl groups is 1. The van der Waals surface area contributed by atoms with Gasteiger partial charge in [-0.1, -0.05) is 60.7 Å². The number of para-hydroxylation sites is 1. The van der Waals surface area contributed by atoms with E-state index in [9.17, 15) is 48.9 Å². The summed E-state index contributed by atoms with van der Waals surface area (Å²) in [6.07, 6.45) is -0.573. The van der Waals surface area contributed by atoms with E-state index in [1.54, 1.807) is 60.8 Å². The van der Waals surface area contributed by atoms with Crippen LogP contribution in [0.3, 0.4) is 0 Å². The average molecular weight is 759 g/mol. The zero-order valence-corrected chi connectivity index (χ0v) is 29.4. The molecule has 0 radical (unpaired) electrons. The van der Waals surface area contributed by atoms with Gasteiger partial charge in [-0.3, -0.25) is 28.8 Å². The second kappa shape index (κ2) is 19.4. The molecule has 0 bridgehead atoms. The fraction of sp³-hybridized carbons (Fsp3) is 0.289. The van der Waals surface area contributed by atoms with Gasteiger partial charge >= 0.3 is 17.9 Å². The maximum absolute atomic E-state index is 14.0. The number of phenols is 1. The molecule has 4 amide bonds. The van der Waals surface area contributed by atoms with E-state index in [2.05, 4.69) is 26.3 Å². The van der Waals surface area contributed by atoms with E-state index in [1.165, 1.54) is 24.3 Å². The first-order valence-electron chi connectivity index (χ1n) is 17.2. The highest BCUT2D eigenvalue weighted by molar-refractivity contribution is 5.96. The van der Waals surface area contributed by atoms with E-state index in [0.717, 1.165) is 10.9 Å². The number of carboxylic acid groups (broad SMARTS) is 3. The molecule has 0 aliphatic carbocycles. The number of carboxylic acids is 3. The molecule has 0 aliphatic heterocycles. The number of nitrogens with two attached hydrogens (primary N) is 1. The Morgan fingerprint density at radius 3 is 1.73 bits per heavy atom. The van der Waals surface area contributed by atoms with Crippen molar-refractivity contribution in [2.75, 3.05) is 0 Å². The molecule has 11 N–H and O–H groups in total. The number of nitrogens with one attached hydrogen (secondary N) is 5. The summed E-state index contributed by atoms with van der Waals surface area (Å²) in [6, 6.07) is 13.9. The van der Waals surface area contributed by atoms with Crippen molar-refractivity contribution < 1.29 is 54.0 Å². The molecule has 0 aliphatic rings. The van der Waals surface area contributed by atoms with Gasteiger partial charge < -0.3 is 52.4 Å². The molecule has 55 heavy (non-hydrogen) atoms. The number of rotatable bonds is 20. The third kappa shape index (κ3) is 12.4. The largest absolute Gasteiger partial charge is 0.508 e. The Labute approximate surface area is 314 Å². The first kappa shape index (κ1) is 41.0. The minimum atomic E-state index is -1.55. The predicted molar refractivity (Wildman–Crippen MR) is 196 cm³/mol. The van der Waals surface area contributed by atoms with Crippen LogP contribution < -0.4 is 27.0 Å². The zero-order valence-electron chi connectivity index (χ0n) is 29.4. The molecular weight excluding hydrogens is 716 g/mol. The summed E-state index contributed by atoms with van der Waals surface area (Å²) >= 11 is 0. The maximum atomic E-state index is 14.0. The number of aliphatic carboxylic acids is 3. The molecular formula is C38H42N6O11. The summed E-state index contributed by atoms with van der Waals surface area (Å²) in [7, 11) is 0. The normalized spacial score (nSPS) is 13.7.